The van der Waals surface area contributed by atoms with Crippen LogP contribution in [0.25, 0.3) is 11.2 Å². The van der Waals surface area contributed by atoms with Gasteiger partial charge in [-0.05, 0) is 30.3 Å². The quantitative estimate of drug-likeness (QED) is 0.726. The van der Waals surface area contributed by atoms with Gasteiger partial charge in [0.15, 0.2) is 0 Å². The van der Waals surface area contributed by atoms with Gasteiger partial charge in [-0.1, -0.05) is 11.6 Å². The van der Waals surface area contributed by atoms with Gasteiger partial charge in [-0.2, -0.15) is 5.10 Å². The van der Waals surface area contributed by atoms with Gasteiger partial charge in [0.25, 0.3) is 5.56 Å². The molecule has 0 aliphatic carbocycles. The van der Waals surface area contributed by atoms with Gasteiger partial charge in [0.05, 0.1) is 10.7 Å². The number of ether oxygens (including phenoxy) is 1. The van der Waals surface area contributed by atoms with Crippen LogP contribution in [0.4, 0.5) is 13.2 Å². The first kappa shape index (κ1) is 14.5. The molecule has 22 heavy (non-hydrogen) atoms. The third-order valence-corrected chi connectivity index (χ3v) is 3.18. The van der Waals surface area contributed by atoms with Crippen molar-refractivity contribution in [3.05, 3.63) is 58.2 Å². The fourth-order valence-electron chi connectivity index (χ4n) is 1.96. The predicted octanol–water partition coefficient (Wildman–Crippen LogP) is 3.04. The number of halogens is 4. The monoisotopic (exact) mass is 329 g/mol. The molecule has 0 saturated heterocycles. The molecule has 0 atom stereocenters. The van der Waals surface area contributed by atoms with Gasteiger partial charge >= 0.3 is 6.36 Å². The molecule has 0 fully saturated rings. The fourth-order valence-corrected chi connectivity index (χ4v) is 2.19. The standard InChI is InChI=1S/C13H7ClF3N3O2/c14-10-5-6-20-11(10)12(21)19(7-18-20)8-1-3-9(4-2-8)22-13(15,16)17/h1-7H. The third kappa shape index (κ3) is 2.64. The van der Waals surface area contributed by atoms with Crippen LogP contribution in [-0.4, -0.2) is 20.5 Å². The number of alkyl halides is 3. The number of rotatable bonds is 2. The topological polar surface area (TPSA) is 48.5 Å². The Morgan fingerprint density at radius 1 is 1.14 bits per heavy atom. The molecule has 0 aliphatic rings. The Balaban J connectivity index is 2.03. The summed E-state index contributed by atoms with van der Waals surface area (Å²) in [5, 5.41) is 4.24. The second kappa shape index (κ2) is 5.06. The highest BCUT2D eigenvalue weighted by Crippen LogP contribution is 2.23. The summed E-state index contributed by atoms with van der Waals surface area (Å²) in [5.74, 6) is -0.376. The Bertz CT molecular complexity index is 884. The van der Waals surface area contributed by atoms with Crippen molar-refractivity contribution >= 4 is 17.1 Å². The summed E-state index contributed by atoms with van der Waals surface area (Å²) >= 11 is 5.92. The minimum atomic E-state index is -4.77. The second-order valence-corrected chi connectivity index (χ2v) is 4.71. The van der Waals surface area contributed by atoms with Crippen LogP contribution < -0.4 is 10.3 Å². The van der Waals surface area contributed by atoms with Gasteiger partial charge in [0, 0.05) is 6.20 Å². The lowest BCUT2D eigenvalue weighted by atomic mass is 10.3. The minimum absolute atomic E-state index is 0.180. The molecule has 2 heterocycles. The van der Waals surface area contributed by atoms with Crippen molar-refractivity contribution in [3.63, 3.8) is 0 Å². The van der Waals surface area contributed by atoms with Gasteiger partial charge in [-0.25, -0.2) is 4.52 Å². The van der Waals surface area contributed by atoms with Crippen molar-refractivity contribution in [3.8, 4) is 11.4 Å². The number of aromatic nitrogens is 3. The maximum absolute atomic E-state index is 12.3. The summed E-state index contributed by atoms with van der Waals surface area (Å²) in [4.78, 5) is 12.3. The van der Waals surface area contributed by atoms with Gasteiger partial charge in [-0.15, -0.1) is 13.2 Å². The fraction of sp³-hybridized carbons (Fsp3) is 0.0769. The molecule has 0 spiro atoms. The molecule has 0 saturated carbocycles. The number of hydrogen-bond acceptors (Lipinski definition) is 3. The normalized spacial score (nSPS) is 11.8. The Labute approximate surface area is 126 Å². The molecule has 3 rings (SSSR count). The zero-order chi connectivity index (χ0) is 15.9. The summed E-state index contributed by atoms with van der Waals surface area (Å²) in [6.45, 7) is 0. The van der Waals surface area contributed by atoms with Crippen LogP contribution in [0.2, 0.25) is 5.02 Å². The molecule has 0 aliphatic heterocycles. The lowest BCUT2D eigenvalue weighted by Crippen LogP contribution is -2.21. The highest BCUT2D eigenvalue weighted by Gasteiger charge is 2.31. The van der Waals surface area contributed by atoms with Crippen molar-refractivity contribution in [2.75, 3.05) is 0 Å². The zero-order valence-corrected chi connectivity index (χ0v) is 11.5. The number of hydrogen-bond donors (Lipinski definition) is 0. The van der Waals surface area contributed by atoms with E-state index < -0.39 is 11.9 Å². The smallest absolute Gasteiger partial charge is 0.406 e. The lowest BCUT2D eigenvalue weighted by Gasteiger charge is -2.10. The van der Waals surface area contributed by atoms with E-state index in [-0.39, 0.29) is 16.3 Å². The van der Waals surface area contributed by atoms with Crippen LogP contribution in [0.15, 0.2) is 47.7 Å². The third-order valence-electron chi connectivity index (χ3n) is 2.88. The van der Waals surface area contributed by atoms with Crippen molar-refractivity contribution < 1.29 is 17.9 Å². The first-order valence-electron chi connectivity index (χ1n) is 5.96. The number of nitrogens with zero attached hydrogens (tertiary/aromatic N) is 3. The van der Waals surface area contributed by atoms with E-state index in [1.54, 1.807) is 0 Å². The molecule has 0 amide bonds. The van der Waals surface area contributed by atoms with E-state index >= 15 is 0 Å². The lowest BCUT2D eigenvalue weighted by molar-refractivity contribution is -0.274. The van der Waals surface area contributed by atoms with E-state index in [1.807, 2.05) is 0 Å². The van der Waals surface area contributed by atoms with E-state index in [2.05, 4.69) is 9.84 Å². The maximum atomic E-state index is 12.3. The molecule has 0 radical (unpaired) electrons. The predicted molar refractivity (Wildman–Crippen MR) is 72.5 cm³/mol. The Hall–Kier alpha value is -2.48. The summed E-state index contributed by atoms with van der Waals surface area (Å²) in [7, 11) is 0. The molecule has 1 aromatic carbocycles. The van der Waals surface area contributed by atoms with Crippen molar-refractivity contribution in [1.82, 2.24) is 14.2 Å². The largest absolute Gasteiger partial charge is 0.573 e. The SMILES string of the molecule is O=c1c2c(Cl)ccn2ncn1-c1ccc(OC(F)(F)F)cc1. The van der Waals surface area contributed by atoms with Gasteiger partial charge in [0.2, 0.25) is 0 Å². The van der Waals surface area contributed by atoms with Crippen molar-refractivity contribution in [2.45, 2.75) is 6.36 Å². The van der Waals surface area contributed by atoms with Crippen LogP contribution in [0.1, 0.15) is 0 Å². The van der Waals surface area contributed by atoms with Crippen LogP contribution in [-0.2, 0) is 0 Å². The van der Waals surface area contributed by atoms with E-state index in [0.29, 0.717) is 5.69 Å². The number of fused-ring (bicyclic) bond motifs is 1. The van der Waals surface area contributed by atoms with Gasteiger partial charge in [-0.3, -0.25) is 9.36 Å². The Kier molecular flexibility index (Phi) is 3.32. The Morgan fingerprint density at radius 2 is 1.82 bits per heavy atom. The van der Waals surface area contributed by atoms with E-state index in [1.165, 1.54) is 39.8 Å². The molecule has 2 aromatic heterocycles. The summed E-state index contributed by atoms with van der Waals surface area (Å²) in [6, 6.07) is 6.38. The Morgan fingerprint density at radius 3 is 2.45 bits per heavy atom. The zero-order valence-electron chi connectivity index (χ0n) is 10.7. The molecule has 5 nitrogen and oxygen atoms in total. The van der Waals surface area contributed by atoms with E-state index in [4.69, 9.17) is 11.6 Å². The molecular formula is C13H7ClF3N3O2. The van der Waals surface area contributed by atoms with Gasteiger partial charge in [0.1, 0.15) is 17.6 Å². The molecular weight excluding hydrogens is 323 g/mol. The summed E-state index contributed by atoms with van der Waals surface area (Å²) in [6.07, 6.45) is -1.98. The molecule has 3 aromatic rings. The average Bonchev–Trinajstić information content (AvgIpc) is 2.81. The molecule has 0 unspecified atom stereocenters. The highest BCUT2D eigenvalue weighted by atomic mass is 35.5. The van der Waals surface area contributed by atoms with E-state index in [0.717, 1.165) is 12.1 Å². The molecule has 9 heteroatoms. The number of benzene rings is 1. The highest BCUT2D eigenvalue weighted by molar-refractivity contribution is 6.33. The van der Waals surface area contributed by atoms with Crippen LogP contribution >= 0.6 is 11.6 Å². The average molecular weight is 330 g/mol. The van der Waals surface area contributed by atoms with Gasteiger partial charge < -0.3 is 4.74 Å². The van der Waals surface area contributed by atoms with Crippen molar-refractivity contribution in [2.24, 2.45) is 0 Å². The second-order valence-electron chi connectivity index (χ2n) is 4.30. The maximum Gasteiger partial charge on any atom is 0.573 e. The molecule has 0 bridgehead atoms. The van der Waals surface area contributed by atoms with Crippen LogP contribution in [0.5, 0.6) is 5.75 Å². The first-order chi connectivity index (χ1) is 10.3. The minimum Gasteiger partial charge on any atom is -0.406 e. The summed E-state index contributed by atoms with van der Waals surface area (Å²) < 4.78 is 42.6. The van der Waals surface area contributed by atoms with Crippen LogP contribution in [0, 0.1) is 0 Å². The molecule has 0 N–H and O–H groups in total. The first-order valence-corrected chi connectivity index (χ1v) is 6.34. The molecule has 114 valence electrons. The van der Waals surface area contributed by atoms with Crippen LogP contribution in [0.3, 0.4) is 0 Å². The van der Waals surface area contributed by atoms with Crippen molar-refractivity contribution in [1.29, 1.82) is 0 Å². The van der Waals surface area contributed by atoms with E-state index in [9.17, 15) is 18.0 Å². The summed E-state index contributed by atoms with van der Waals surface area (Å²) in [5.41, 5.74) is 0.0843.